The smallest absolute Gasteiger partial charge is 0.251 e. The molecule has 0 fully saturated rings. The summed E-state index contributed by atoms with van der Waals surface area (Å²) in [6.07, 6.45) is 2.51. The summed E-state index contributed by atoms with van der Waals surface area (Å²) in [4.78, 5) is 16.8. The maximum atomic E-state index is 12.4. The predicted molar refractivity (Wildman–Crippen MR) is 113 cm³/mol. The average molecular weight is 375 g/mol. The van der Waals surface area contributed by atoms with E-state index in [1.165, 1.54) is 0 Å². The molecule has 28 heavy (non-hydrogen) atoms. The number of benzene rings is 2. The maximum Gasteiger partial charge on any atom is 0.251 e. The maximum absolute atomic E-state index is 12.4. The molecule has 3 aromatic rings. The fraction of sp³-hybridized carbons (Fsp3) is 0.217. The quantitative estimate of drug-likeness (QED) is 0.616. The summed E-state index contributed by atoms with van der Waals surface area (Å²) in [6, 6.07) is 14.5. The van der Waals surface area contributed by atoms with Crippen molar-refractivity contribution >= 4 is 11.7 Å². The van der Waals surface area contributed by atoms with Gasteiger partial charge >= 0.3 is 0 Å². The van der Waals surface area contributed by atoms with E-state index in [0.29, 0.717) is 11.4 Å². The molecule has 5 heteroatoms. The Labute approximate surface area is 165 Å². The van der Waals surface area contributed by atoms with Gasteiger partial charge in [0.25, 0.3) is 5.91 Å². The minimum Gasteiger partial charge on any atom is -0.508 e. The number of anilines is 1. The minimum absolute atomic E-state index is 0.0710. The lowest BCUT2D eigenvalue weighted by atomic mass is 9.91. The third-order valence-electron chi connectivity index (χ3n) is 4.58. The van der Waals surface area contributed by atoms with Crippen LogP contribution >= 0.6 is 0 Å². The molecule has 0 unspecified atom stereocenters. The van der Waals surface area contributed by atoms with E-state index in [9.17, 15) is 9.90 Å². The highest BCUT2D eigenvalue weighted by Gasteiger charge is 2.16. The van der Waals surface area contributed by atoms with Gasteiger partial charge in [0.1, 0.15) is 11.6 Å². The van der Waals surface area contributed by atoms with Crippen LogP contribution < -0.4 is 11.1 Å². The molecule has 2 aromatic carbocycles. The van der Waals surface area contributed by atoms with E-state index in [0.717, 1.165) is 34.2 Å². The molecule has 3 rings (SSSR count). The summed E-state index contributed by atoms with van der Waals surface area (Å²) in [5.74, 6) is 0.547. The second-order valence-corrected chi connectivity index (χ2v) is 7.02. The molecule has 1 aromatic heterocycles. The number of aromatic nitrogens is 1. The van der Waals surface area contributed by atoms with Gasteiger partial charge in [0.15, 0.2) is 0 Å². The molecular weight excluding hydrogens is 350 g/mol. The Morgan fingerprint density at radius 2 is 1.86 bits per heavy atom. The number of amides is 1. The van der Waals surface area contributed by atoms with E-state index in [1.807, 2.05) is 44.2 Å². The Balaban J connectivity index is 2.12. The number of nitrogen functional groups attached to an aromatic ring is 1. The molecule has 4 N–H and O–H groups in total. The van der Waals surface area contributed by atoms with Gasteiger partial charge in [-0.05, 0) is 61.2 Å². The largest absolute Gasteiger partial charge is 0.508 e. The molecule has 0 aliphatic rings. The molecule has 0 saturated heterocycles. The minimum atomic E-state index is -0.0999. The van der Waals surface area contributed by atoms with Gasteiger partial charge in [-0.1, -0.05) is 31.2 Å². The van der Waals surface area contributed by atoms with Gasteiger partial charge in [-0.3, -0.25) is 4.79 Å². The van der Waals surface area contributed by atoms with Gasteiger partial charge in [-0.15, -0.1) is 0 Å². The summed E-state index contributed by atoms with van der Waals surface area (Å²) >= 11 is 0. The molecule has 0 spiro atoms. The summed E-state index contributed by atoms with van der Waals surface area (Å²) < 4.78 is 0. The van der Waals surface area contributed by atoms with Crippen LogP contribution in [0.15, 0.2) is 54.7 Å². The van der Waals surface area contributed by atoms with E-state index >= 15 is 0 Å². The first kappa shape index (κ1) is 19.4. The molecule has 0 saturated carbocycles. The van der Waals surface area contributed by atoms with Crippen molar-refractivity contribution in [3.63, 3.8) is 0 Å². The zero-order valence-electron chi connectivity index (χ0n) is 16.4. The number of nitrogens with zero attached hydrogens (tertiary/aromatic N) is 1. The molecule has 0 aliphatic heterocycles. The van der Waals surface area contributed by atoms with Crippen LogP contribution in [0.25, 0.3) is 22.3 Å². The highest BCUT2D eigenvalue weighted by atomic mass is 16.3. The highest BCUT2D eigenvalue weighted by Crippen LogP contribution is 2.36. The van der Waals surface area contributed by atoms with Crippen LogP contribution in [0.4, 0.5) is 5.82 Å². The van der Waals surface area contributed by atoms with Gasteiger partial charge in [0.05, 0.1) is 0 Å². The monoisotopic (exact) mass is 375 g/mol. The van der Waals surface area contributed by atoms with Gasteiger partial charge in [0, 0.05) is 28.9 Å². The number of pyridine rings is 1. The van der Waals surface area contributed by atoms with Gasteiger partial charge in [-0.25, -0.2) is 4.98 Å². The Morgan fingerprint density at radius 1 is 1.14 bits per heavy atom. The summed E-state index contributed by atoms with van der Waals surface area (Å²) in [6.45, 7) is 5.94. The number of aromatic hydroxyl groups is 1. The Morgan fingerprint density at radius 3 is 2.50 bits per heavy atom. The molecule has 1 heterocycles. The van der Waals surface area contributed by atoms with Crippen LogP contribution in [-0.4, -0.2) is 22.0 Å². The number of phenols is 1. The van der Waals surface area contributed by atoms with Crippen molar-refractivity contribution in [2.45, 2.75) is 33.2 Å². The normalized spacial score (nSPS) is 10.9. The molecule has 0 aliphatic carbocycles. The van der Waals surface area contributed by atoms with Crippen molar-refractivity contribution in [3.8, 4) is 28.0 Å². The van der Waals surface area contributed by atoms with E-state index in [-0.39, 0.29) is 17.7 Å². The first-order chi connectivity index (χ1) is 13.4. The summed E-state index contributed by atoms with van der Waals surface area (Å²) in [7, 11) is 0. The van der Waals surface area contributed by atoms with Crippen LogP contribution in [0.5, 0.6) is 5.75 Å². The number of hydrogen-bond acceptors (Lipinski definition) is 4. The number of carbonyl (C=O) groups is 1. The lowest BCUT2D eigenvalue weighted by molar-refractivity contribution is 0.0943. The average Bonchev–Trinajstić information content (AvgIpc) is 2.68. The lowest BCUT2D eigenvalue weighted by Gasteiger charge is -2.16. The Hall–Kier alpha value is -3.34. The zero-order valence-corrected chi connectivity index (χ0v) is 16.4. The van der Waals surface area contributed by atoms with Gasteiger partial charge < -0.3 is 16.2 Å². The van der Waals surface area contributed by atoms with Crippen LogP contribution in [0, 0.1) is 0 Å². The van der Waals surface area contributed by atoms with Crippen LogP contribution in [0.2, 0.25) is 0 Å². The third kappa shape index (κ3) is 3.98. The standard InChI is InChI=1S/C23H25N3O2/c1-4-19-20(16-6-5-7-17(12-16)23(28)26-14(2)3)13-25-22(24)21(19)15-8-10-18(27)11-9-15/h5-14,27H,4H2,1-3H3,(H2,24,25)(H,26,28). The lowest BCUT2D eigenvalue weighted by Crippen LogP contribution is -2.30. The fourth-order valence-electron chi connectivity index (χ4n) is 3.31. The van der Waals surface area contributed by atoms with Gasteiger partial charge in [0.2, 0.25) is 0 Å². The van der Waals surface area contributed by atoms with Gasteiger partial charge in [-0.2, -0.15) is 0 Å². The molecule has 5 nitrogen and oxygen atoms in total. The second-order valence-electron chi connectivity index (χ2n) is 7.02. The van der Waals surface area contributed by atoms with Crippen LogP contribution in [0.1, 0.15) is 36.7 Å². The molecule has 1 amide bonds. The van der Waals surface area contributed by atoms with Crippen molar-refractivity contribution in [2.75, 3.05) is 5.73 Å². The van der Waals surface area contributed by atoms with Crippen LogP contribution in [0.3, 0.4) is 0 Å². The zero-order chi connectivity index (χ0) is 20.3. The van der Waals surface area contributed by atoms with E-state index in [1.54, 1.807) is 24.4 Å². The molecule has 0 bridgehead atoms. The number of phenolic OH excluding ortho intramolecular Hbond substituents is 1. The molecular formula is C23H25N3O2. The number of nitrogens with two attached hydrogens (primary N) is 1. The molecule has 0 radical (unpaired) electrons. The first-order valence-corrected chi connectivity index (χ1v) is 9.38. The Kier molecular flexibility index (Phi) is 5.64. The number of rotatable bonds is 5. The Bertz CT molecular complexity index is 995. The second kappa shape index (κ2) is 8.13. The van der Waals surface area contributed by atoms with E-state index < -0.39 is 0 Å². The van der Waals surface area contributed by atoms with E-state index in [4.69, 9.17) is 5.73 Å². The van der Waals surface area contributed by atoms with Crippen molar-refractivity contribution in [1.29, 1.82) is 0 Å². The topological polar surface area (TPSA) is 88.2 Å². The van der Waals surface area contributed by atoms with Crippen molar-refractivity contribution in [1.82, 2.24) is 10.3 Å². The number of carbonyl (C=O) groups excluding carboxylic acids is 1. The molecule has 144 valence electrons. The summed E-state index contributed by atoms with van der Waals surface area (Å²) in [5.41, 5.74) is 11.5. The highest BCUT2D eigenvalue weighted by molar-refractivity contribution is 5.96. The van der Waals surface area contributed by atoms with Crippen molar-refractivity contribution in [2.24, 2.45) is 0 Å². The fourth-order valence-corrected chi connectivity index (χ4v) is 3.31. The summed E-state index contributed by atoms with van der Waals surface area (Å²) in [5, 5.41) is 12.5. The predicted octanol–water partition coefficient (Wildman–Crippen LogP) is 4.40. The third-order valence-corrected chi connectivity index (χ3v) is 4.58. The molecule has 0 atom stereocenters. The SMILES string of the molecule is CCc1c(-c2cccc(C(=O)NC(C)C)c2)cnc(N)c1-c1ccc(O)cc1. The van der Waals surface area contributed by atoms with E-state index in [2.05, 4.69) is 17.2 Å². The first-order valence-electron chi connectivity index (χ1n) is 9.38. The van der Waals surface area contributed by atoms with Crippen LogP contribution in [-0.2, 0) is 6.42 Å². The van der Waals surface area contributed by atoms with Crippen molar-refractivity contribution < 1.29 is 9.90 Å². The van der Waals surface area contributed by atoms with Crippen molar-refractivity contribution in [3.05, 3.63) is 65.9 Å². The number of nitrogens with one attached hydrogen (secondary N) is 1. The number of hydrogen-bond donors (Lipinski definition) is 3.